The molecule has 0 bridgehead atoms. The number of urea groups is 1. The first-order valence-corrected chi connectivity index (χ1v) is 16.6. The van der Waals surface area contributed by atoms with Gasteiger partial charge in [-0.2, -0.15) is 18.2 Å². The molecule has 17 heteroatoms. The van der Waals surface area contributed by atoms with Crippen molar-refractivity contribution in [3.63, 3.8) is 0 Å². The van der Waals surface area contributed by atoms with Gasteiger partial charge in [0.25, 0.3) is 0 Å². The number of carbonyl (C=O) groups excluding carboxylic acids is 1. The molecule has 1 saturated heterocycles. The molecule has 0 atom stereocenters. The van der Waals surface area contributed by atoms with Crippen molar-refractivity contribution < 1.29 is 32.2 Å². The number of aromatic nitrogens is 6. The molecule has 0 unspecified atom stereocenters. The zero-order valence-corrected chi connectivity index (χ0v) is 27.9. The number of nitrogens with zero attached hydrogens (tertiary/aromatic N) is 8. The van der Waals surface area contributed by atoms with Gasteiger partial charge in [0.2, 0.25) is 11.9 Å². The predicted molar refractivity (Wildman–Crippen MR) is 180 cm³/mol. The Balaban J connectivity index is 1.16. The van der Waals surface area contributed by atoms with E-state index in [9.17, 15) is 27.5 Å². The second-order valence-corrected chi connectivity index (χ2v) is 12.6. The molecule has 270 valence electrons. The Hall–Kier alpha value is -5.19. The number of ether oxygens (including phenoxy) is 1. The number of amides is 2. The smallest absolute Gasteiger partial charge is 0.421 e. The summed E-state index contributed by atoms with van der Waals surface area (Å²) in [6, 6.07) is 8.88. The van der Waals surface area contributed by atoms with Crippen LogP contribution in [0.1, 0.15) is 49.7 Å². The first-order chi connectivity index (χ1) is 24.5. The van der Waals surface area contributed by atoms with Crippen molar-refractivity contribution in [2.24, 2.45) is 0 Å². The average molecular weight is 711 g/mol. The summed E-state index contributed by atoms with van der Waals surface area (Å²) in [6.07, 6.45) is 4.35. The van der Waals surface area contributed by atoms with Crippen LogP contribution in [0, 0.1) is 0 Å². The molecule has 3 aromatic heterocycles. The minimum absolute atomic E-state index is 0.0270. The molecule has 6 rings (SSSR count). The van der Waals surface area contributed by atoms with Crippen LogP contribution in [0.3, 0.4) is 0 Å². The van der Waals surface area contributed by atoms with E-state index in [1.54, 1.807) is 29.7 Å². The van der Waals surface area contributed by atoms with Crippen molar-refractivity contribution in [1.82, 2.24) is 35.2 Å². The van der Waals surface area contributed by atoms with Gasteiger partial charge < -0.3 is 25.4 Å². The average Bonchev–Trinajstić information content (AvgIpc) is 3.15. The van der Waals surface area contributed by atoms with Crippen molar-refractivity contribution in [1.29, 1.82) is 0 Å². The van der Waals surface area contributed by atoms with Gasteiger partial charge in [-0.15, -0.1) is 0 Å². The Kier molecular flexibility index (Phi) is 10.7. The number of rotatable bonds is 10. The Labute approximate surface area is 291 Å². The van der Waals surface area contributed by atoms with Crippen LogP contribution in [0.2, 0.25) is 0 Å². The molecule has 2 aliphatic rings. The molecule has 0 spiro atoms. The van der Waals surface area contributed by atoms with Crippen LogP contribution in [0.25, 0.3) is 11.1 Å². The summed E-state index contributed by atoms with van der Waals surface area (Å²) in [4.78, 5) is 42.2. The molecular formula is C34H38F4N10O3. The number of hydrogen-bond acceptors (Lipinski definition) is 11. The normalized spacial score (nSPS) is 18.9. The van der Waals surface area contributed by atoms with Gasteiger partial charge in [-0.25, -0.2) is 34.1 Å². The molecular weight excluding hydrogens is 672 g/mol. The fraction of sp³-hybridized carbons (Fsp3) is 0.441. The number of benzene rings is 1. The fourth-order valence-electron chi connectivity index (χ4n) is 6.27. The van der Waals surface area contributed by atoms with Crippen molar-refractivity contribution in [2.45, 2.75) is 69.0 Å². The number of hydrogen-bond donors (Lipinski definition) is 3. The topological polar surface area (TPSA) is 154 Å². The van der Waals surface area contributed by atoms with Crippen LogP contribution in [0.4, 0.5) is 40.1 Å². The van der Waals surface area contributed by atoms with Crippen molar-refractivity contribution in [3.05, 3.63) is 72.4 Å². The molecule has 2 amide bonds. The van der Waals surface area contributed by atoms with E-state index in [0.29, 0.717) is 43.4 Å². The maximum atomic E-state index is 14.6. The molecule has 1 saturated carbocycles. The number of methoxy groups -OCH3 is 1. The number of nitrogens with one attached hydrogen (secondary N) is 2. The lowest BCUT2D eigenvalue weighted by atomic mass is 9.90. The molecule has 13 nitrogen and oxygen atoms in total. The second kappa shape index (κ2) is 15.4. The van der Waals surface area contributed by atoms with Gasteiger partial charge in [0, 0.05) is 86.7 Å². The molecule has 4 heterocycles. The van der Waals surface area contributed by atoms with Crippen LogP contribution in [-0.2, 0) is 12.7 Å². The van der Waals surface area contributed by atoms with Crippen molar-refractivity contribution in [3.8, 4) is 17.1 Å². The van der Waals surface area contributed by atoms with Gasteiger partial charge in [-0.3, -0.25) is 4.90 Å². The van der Waals surface area contributed by atoms with Gasteiger partial charge in [0.15, 0.2) is 0 Å². The van der Waals surface area contributed by atoms with E-state index in [2.05, 4.69) is 40.5 Å². The Morgan fingerprint density at radius 1 is 0.961 bits per heavy atom. The van der Waals surface area contributed by atoms with Gasteiger partial charge in [-0.1, -0.05) is 30.3 Å². The summed E-state index contributed by atoms with van der Waals surface area (Å²) >= 11 is 0. The van der Waals surface area contributed by atoms with Crippen LogP contribution in [0.15, 0.2) is 61.3 Å². The lowest BCUT2D eigenvalue weighted by Gasteiger charge is -2.37. The maximum Gasteiger partial charge on any atom is 0.421 e. The summed E-state index contributed by atoms with van der Waals surface area (Å²) in [5.41, 5.74) is -0.588. The number of anilines is 3. The molecule has 51 heavy (non-hydrogen) atoms. The van der Waals surface area contributed by atoms with E-state index in [1.165, 1.54) is 12.0 Å². The van der Waals surface area contributed by atoms with E-state index in [1.807, 2.05) is 30.3 Å². The van der Waals surface area contributed by atoms with E-state index >= 15 is 0 Å². The minimum Gasteiger partial charge on any atom is -0.467 e. The number of halogens is 4. The first-order valence-electron chi connectivity index (χ1n) is 16.6. The zero-order valence-electron chi connectivity index (χ0n) is 27.9. The number of carbonyl (C=O) groups is 1. The SMILES string of the molecule is COc1ncc(-c2cnc(N(C(=O)NCc3ccccc3)[C@H]3CC[C@H](Nc4ncc(C(F)(F)F)c(N5CCC(F)(CO)CC5)n4)CC3)nc2)cn1. The highest BCUT2D eigenvalue weighted by molar-refractivity contribution is 5.90. The standard InChI is InChI=1S/C34H38F4N10O3/c1-51-31-42-18-24(19-43-31)23-16-40-30(41-17-23)48(32(50)44-15-22-5-3-2-4-6-22)26-9-7-25(8-10-26)45-29-39-20-27(34(36,37)38)28(46-29)47-13-11-33(35,21-49)12-14-47/h2-6,16-20,25-26,49H,7-15,21H2,1H3,(H,44,50)(H,39,45,46)/t25-,26-. The van der Waals surface area contributed by atoms with Crippen LogP contribution in [-0.4, -0.2) is 85.6 Å². The highest BCUT2D eigenvalue weighted by atomic mass is 19.4. The lowest BCUT2D eigenvalue weighted by Crippen LogP contribution is -2.49. The fourth-order valence-corrected chi connectivity index (χ4v) is 6.27. The lowest BCUT2D eigenvalue weighted by molar-refractivity contribution is -0.137. The monoisotopic (exact) mass is 710 g/mol. The van der Waals surface area contributed by atoms with E-state index < -0.39 is 24.0 Å². The van der Waals surface area contributed by atoms with Crippen molar-refractivity contribution in [2.75, 3.05) is 41.9 Å². The first kappa shape index (κ1) is 35.6. The summed E-state index contributed by atoms with van der Waals surface area (Å²) in [6.45, 7) is -0.443. The highest BCUT2D eigenvalue weighted by Crippen LogP contribution is 2.38. The van der Waals surface area contributed by atoms with Crippen molar-refractivity contribution >= 4 is 23.7 Å². The van der Waals surface area contributed by atoms with Gasteiger partial charge in [-0.05, 0) is 31.2 Å². The second-order valence-electron chi connectivity index (χ2n) is 12.6. The third-order valence-corrected chi connectivity index (χ3v) is 9.21. The molecule has 1 aliphatic carbocycles. The Morgan fingerprint density at radius 3 is 2.18 bits per heavy atom. The third-order valence-electron chi connectivity index (χ3n) is 9.21. The van der Waals surface area contributed by atoms with E-state index in [0.717, 1.165) is 11.8 Å². The number of piperidine rings is 1. The van der Waals surface area contributed by atoms with E-state index in [4.69, 9.17) is 4.74 Å². The highest BCUT2D eigenvalue weighted by Gasteiger charge is 2.40. The summed E-state index contributed by atoms with van der Waals surface area (Å²) in [7, 11) is 1.47. The quantitative estimate of drug-likeness (QED) is 0.186. The largest absolute Gasteiger partial charge is 0.467 e. The Morgan fingerprint density at radius 2 is 1.59 bits per heavy atom. The summed E-state index contributed by atoms with van der Waals surface area (Å²) < 4.78 is 61.4. The third kappa shape index (κ3) is 8.58. The predicted octanol–water partition coefficient (Wildman–Crippen LogP) is 5.19. The summed E-state index contributed by atoms with van der Waals surface area (Å²) in [5, 5.41) is 15.5. The van der Waals surface area contributed by atoms with Crippen LogP contribution >= 0.6 is 0 Å². The molecule has 3 N–H and O–H groups in total. The number of aliphatic hydroxyl groups excluding tert-OH is 1. The van der Waals surface area contributed by atoms with Gasteiger partial charge in [0.05, 0.1) is 13.7 Å². The van der Waals surface area contributed by atoms with E-state index in [-0.39, 0.29) is 67.8 Å². The van der Waals surface area contributed by atoms with Gasteiger partial charge >= 0.3 is 18.2 Å². The maximum absolute atomic E-state index is 14.6. The molecule has 0 radical (unpaired) electrons. The number of alkyl halides is 4. The zero-order chi connectivity index (χ0) is 36.0. The molecule has 2 fully saturated rings. The number of aliphatic hydroxyl groups is 1. The molecule has 1 aliphatic heterocycles. The molecule has 1 aromatic carbocycles. The molecule has 4 aromatic rings. The van der Waals surface area contributed by atoms with Crippen LogP contribution in [0.5, 0.6) is 6.01 Å². The minimum atomic E-state index is -4.71. The Bertz CT molecular complexity index is 1750. The summed E-state index contributed by atoms with van der Waals surface area (Å²) in [5.74, 6) is -0.0813. The van der Waals surface area contributed by atoms with Crippen LogP contribution < -0.4 is 25.2 Å². The van der Waals surface area contributed by atoms with Gasteiger partial charge in [0.1, 0.15) is 17.1 Å².